The zero-order valence-corrected chi connectivity index (χ0v) is 17.5. The molecule has 1 atom stereocenters. The van der Waals surface area contributed by atoms with E-state index in [0.717, 1.165) is 32.1 Å². The fourth-order valence-corrected chi connectivity index (χ4v) is 5.00. The van der Waals surface area contributed by atoms with Crippen molar-refractivity contribution < 1.29 is 23.9 Å². The maximum absolute atomic E-state index is 13.2. The molecule has 1 unspecified atom stereocenters. The van der Waals surface area contributed by atoms with Gasteiger partial charge in [0.15, 0.2) is 11.5 Å². The highest BCUT2D eigenvalue weighted by Crippen LogP contribution is 2.33. The van der Waals surface area contributed by atoms with Gasteiger partial charge in [-0.15, -0.1) is 0 Å². The molecule has 3 aliphatic heterocycles. The highest BCUT2D eigenvalue weighted by atomic mass is 16.6. The first-order valence-corrected chi connectivity index (χ1v) is 11.2. The lowest BCUT2D eigenvalue weighted by atomic mass is 9.94. The van der Waals surface area contributed by atoms with E-state index in [1.165, 1.54) is 4.90 Å². The number of benzene rings is 1. The van der Waals surface area contributed by atoms with E-state index in [1.54, 1.807) is 28.0 Å². The number of hydrogen-bond acceptors (Lipinski definition) is 5. The van der Waals surface area contributed by atoms with Gasteiger partial charge in [-0.1, -0.05) is 19.3 Å². The number of imide groups is 1. The summed E-state index contributed by atoms with van der Waals surface area (Å²) in [4.78, 5) is 43.9. The molecule has 166 valence electrons. The van der Waals surface area contributed by atoms with Gasteiger partial charge in [0.2, 0.25) is 0 Å². The maximum atomic E-state index is 13.2. The van der Waals surface area contributed by atoms with Crippen LogP contribution < -0.4 is 14.8 Å². The van der Waals surface area contributed by atoms with Crippen molar-refractivity contribution in [2.75, 3.05) is 38.2 Å². The second-order valence-corrected chi connectivity index (χ2v) is 8.58. The van der Waals surface area contributed by atoms with E-state index in [4.69, 9.17) is 9.47 Å². The predicted octanol–water partition coefficient (Wildman–Crippen LogP) is 2.66. The van der Waals surface area contributed by atoms with E-state index in [1.807, 2.05) is 0 Å². The van der Waals surface area contributed by atoms with Crippen LogP contribution in [0.15, 0.2) is 18.2 Å². The molecule has 0 aromatic heterocycles. The van der Waals surface area contributed by atoms with Gasteiger partial charge in [-0.3, -0.25) is 9.69 Å². The minimum atomic E-state index is -0.594. The first-order chi connectivity index (χ1) is 15.1. The number of carbonyl (C=O) groups excluding carboxylic acids is 3. The number of ether oxygens (including phenoxy) is 2. The molecule has 9 heteroatoms. The van der Waals surface area contributed by atoms with Gasteiger partial charge < -0.3 is 24.6 Å². The summed E-state index contributed by atoms with van der Waals surface area (Å²) in [5.74, 6) is 1.11. The number of rotatable bonds is 2. The number of urea groups is 2. The molecule has 9 nitrogen and oxygen atoms in total. The number of carbonyl (C=O) groups is 3. The van der Waals surface area contributed by atoms with Crippen LogP contribution in [0.4, 0.5) is 15.3 Å². The fraction of sp³-hybridized carbons (Fsp3) is 0.591. The van der Waals surface area contributed by atoms with Gasteiger partial charge >= 0.3 is 12.1 Å². The number of hydrogen-bond donors (Lipinski definition) is 1. The number of nitrogens with zero attached hydrogens (tertiary/aromatic N) is 3. The van der Waals surface area contributed by atoms with Crippen molar-refractivity contribution in [1.29, 1.82) is 0 Å². The van der Waals surface area contributed by atoms with Crippen LogP contribution in [0.5, 0.6) is 11.5 Å². The summed E-state index contributed by atoms with van der Waals surface area (Å²) in [5, 5.41) is 2.89. The Balaban J connectivity index is 1.28. The number of fused-ring (bicyclic) bond motifs is 2. The summed E-state index contributed by atoms with van der Waals surface area (Å²) >= 11 is 0. The molecule has 5 amide bonds. The van der Waals surface area contributed by atoms with Crippen LogP contribution in [-0.2, 0) is 4.79 Å². The normalized spacial score (nSPS) is 24.1. The van der Waals surface area contributed by atoms with E-state index < -0.39 is 6.04 Å². The van der Waals surface area contributed by atoms with Crippen LogP contribution in [0.1, 0.15) is 38.5 Å². The van der Waals surface area contributed by atoms with E-state index in [-0.39, 0.29) is 30.6 Å². The highest BCUT2D eigenvalue weighted by molar-refractivity contribution is 6.05. The zero-order chi connectivity index (χ0) is 21.4. The van der Waals surface area contributed by atoms with Crippen molar-refractivity contribution in [1.82, 2.24) is 14.7 Å². The molecule has 5 rings (SSSR count). The molecule has 1 N–H and O–H groups in total. The highest BCUT2D eigenvalue weighted by Gasteiger charge is 2.49. The van der Waals surface area contributed by atoms with Gasteiger partial charge in [0, 0.05) is 30.9 Å². The molecule has 1 aromatic carbocycles. The SMILES string of the molecule is O=C(Nc1ccc2c(c1)OCCO2)N1CCCN2C(=O)N(C3CCCCC3)C(=O)C2C1. The lowest BCUT2D eigenvalue weighted by Gasteiger charge is -2.29. The average molecular weight is 428 g/mol. The van der Waals surface area contributed by atoms with Gasteiger partial charge in [0.05, 0.1) is 6.54 Å². The van der Waals surface area contributed by atoms with Crippen LogP contribution in [0, 0.1) is 0 Å². The Bertz CT molecular complexity index is 885. The van der Waals surface area contributed by atoms with E-state index in [0.29, 0.717) is 49.9 Å². The van der Waals surface area contributed by atoms with Crippen LogP contribution in [0.3, 0.4) is 0 Å². The second kappa shape index (κ2) is 8.28. The minimum absolute atomic E-state index is 0.000618. The van der Waals surface area contributed by atoms with Gasteiger partial charge in [-0.05, 0) is 31.4 Å². The molecule has 3 heterocycles. The molecule has 0 spiro atoms. The summed E-state index contributed by atoms with van der Waals surface area (Å²) < 4.78 is 11.1. The molecule has 4 aliphatic rings. The third-order valence-corrected chi connectivity index (χ3v) is 6.59. The van der Waals surface area contributed by atoms with Crippen molar-refractivity contribution in [3.8, 4) is 11.5 Å². The van der Waals surface area contributed by atoms with Gasteiger partial charge in [0.1, 0.15) is 19.3 Å². The van der Waals surface area contributed by atoms with Crippen molar-refractivity contribution in [3.63, 3.8) is 0 Å². The van der Waals surface area contributed by atoms with Gasteiger partial charge in [0.25, 0.3) is 5.91 Å². The van der Waals surface area contributed by atoms with Crippen LogP contribution in [0.2, 0.25) is 0 Å². The Hall–Kier alpha value is -2.97. The summed E-state index contributed by atoms with van der Waals surface area (Å²) in [7, 11) is 0. The summed E-state index contributed by atoms with van der Waals surface area (Å²) in [5.41, 5.74) is 0.605. The van der Waals surface area contributed by atoms with Crippen molar-refractivity contribution in [3.05, 3.63) is 18.2 Å². The number of anilines is 1. The van der Waals surface area contributed by atoms with E-state index in [9.17, 15) is 14.4 Å². The largest absolute Gasteiger partial charge is 0.486 e. The maximum Gasteiger partial charge on any atom is 0.327 e. The lowest BCUT2D eigenvalue weighted by Crippen LogP contribution is -2.46. The molecule has 1 aromatic rings. The minimum Gasteiger partial charge on any atom is -0.486 e. The van der Waals surface area contributed by atoms with Crippen LogP contribution in [-0.4, -0.2) is 77.6 Å². The lowest BCUT2D eigenvalue weighted by molar-refractivity contribution is -0.130. The zero-order valence-electron chi connectivity index (χ0n) is 17.5. The molecule has 31 heavy (non-hydrogen) atoms. The quantitative estimate of drug-likeness (QED) is 0.732. The van der Waals surface area contributed by atoms with Crippen LogP contribution in [0.25, 0.3) is 0 Å². The molecule has 0 radical (unpaired) electrons. The molecule has 2 saturated heterocycles. The standard InChI is InChI=1S/C22H28N4O5/c27-20-17-14-24(21(28)23-15-7-8-18-19(13-15)31-12-11-30-18)9-4-10-25(17)22(29)26(20)16-5-2-1-3-6-16/h7-8,13,16-17H,1-6,9-12,14H2,(H,23,28). The Labute approximate surface area is 181 Å². The number of nitrogens with one attached hydrogen (secondary N) is 1. The van der Waals surface area contributed by atoms with Crippen molar-refractivity contribution >= 4 is 23.7 Å². The van der Waals surface area contributed by atoms with E-state index in [2.05, 4.69) is 5.32 Å². The monoisotopic (exact) mass is 428 g/mol. The van der Waals surface area contributed by atoms with Gasteiger partial charge in [-0.2, -0.15) is 0 Å². The van der Waals surface area contributed by atoms with Crippen molar-refractivity contribution in [2.24, 2.45) is 0 Å². The smallest absolute Gasteiger partial charge is 0.327 e. The third kappa shape index (κ3) is 3.77. The molecular formula is C22H28N4O5. The van der Waals surface area contributed by atoms with Crippen LogP contribution >= 0.6 is 0 Å². The molecule has 1 saturated carbocycles. The average Bonchev–Trinajstić information content (AvgIpc) is 2.94. The molecule has 0 bridgehead atoms. The summed E-state index contributed by atoms with van der Waals surface area (Å²) in [6, 6.07) is 4.22. The summed E-state index contributed by atoms with van der Waals surface area (Å²) in [6.07, 6.45) is 5.67. The predicted molar refractivity (Wildman–Crippen MR) is 112 cm³/mol. The Morgan fingerprint density at radius 2 is 1.74 bits per heavy atom. The van der Waals surface area contributed by atoms with Gasteiger partial charge in [-0.25, -0.2) is 9.59 Å². The topological polar surface area (TPSA) is 91.4 Å². The molecule has 1 aliphatic carbocycles. The first-order valence-electron chi connectivity index (χ1n) is 11.2. The summed E-state index contributed by atoms with van der Waals surface area (Å²) in [6.45, 7) is 2.18. The number of amides is 5. The van der Waals surface area contributed by atoms with E-state index >= 15 is 0 Å². The van der Waals surface area contributed by atoms with Crippen molar-refractivity contribution in [2.45, 2.75) is 50.6 Å². The Kier molecular flexibility index (Phi) is 5.33. The molecular weight excluding hydrogens is 400 g/mol. The third-order valence-electron chi connectivity index (χ3n) is 6.59. The fourth-order valence-electron chi connectivity index (χ4n) is 5.00. The first kappa shape index (κ1) is 20.0. The Morgan fingerprint density at radius 3 is 2.55 bits per heavy atom. The molecule has 3 fully saturated rings. The Morgan fingerprint density at radius 1 is 0.968 bits per heavy atom. The second-order valence-electron chi connectivity index (χ2n) is 8.58.